The van der Waals surface area contributed by atoms with Gasteiger partial charge in [0.2, 0.25) is 0 Å². The summed E-state index contributed by atoms with van der Waals surface area (Å²) in [6.45, 7) is 4.20. The minimum Gasteiger partial charge on any atom is -0.496 e. The predicted molar refractivity (Wildman–Crippen MR) is 160 cm³/mol. The quantitative estimate of drug-likeness (QED) is 0.195. The number of rotatable bonds is 12. The van der Waals surface area contributed by atoms with Crippen molar-refractivity contribution in [2.75, 3.05) is 26.0 Å². The number of nitrogens with one attached hydrogen (secondary N) is 2. The molecule has 1 fully saturated rings. The smallest absolute Gasteiger partial charge is 0.325 e. The highest BCUT2D eigenvalue weighted by atomic mass is 32.2. The Morgan fingerprint density at radius 3 is 2.31 bits per heavy atom. The van der Waals surface area contributed by atoms with E-state index in [1.165, 1.54) is 0 Å². The molecular weight excluding hydrogens is 556 g/mol. The number of methoxy groups -OCH3 is 1. The normalized spacial score (nSPS) is 20.0. The van der Waals surface area contributed by atoms with Crippen LogP contribution in [0.1, 0.15) is 48.5 Å². The summed E-state index contributed by atoms with van der Waals surface area (Å²) in [5, 5.41) is 14.7. The fourth-order valence-electron chi connectivity index (χ4n) is 4.62. The van der Waals surface area contributed by atoms with Gasteiger partial charge in [-0.05, 0) is 35.7 Å². The van der Waals surface area contributed by atoms with E-state index in [0.717, 1.165) is 32.9 Å². The van der Waals surface area contributed by atoms with E-state index in [0.29, 0.717) is 5.75 Å². The molecule has 0 aromatic heterocycles. The summed E-state index contributed by atoms with van der Waals surface area (Å²) in [5.74, 6) is 1.10. The van der Waals surface area contributed by atoms with Crippen molar-refractivity contribution in [3.05, 3.63) is 95.1 Å². The molecule has 0 saturated carbocycles. The van der Waals surface area contributed by atoms with Crippen LogP contribution >= 0.6 is 11.8 Å². The van der Waals surface area contributed by atoms with Crippen LogP contribution in [-0.2, 0) is 32.2 Å². The Bertz CT molecular complexity index is 1300. The molecule has 9 nitrogen and oxygen atoms in total. The number of aliphatic hydroxyl groups is 1. The lowest BCUT2D eigenvalue weighted by Crippen LogP contribution is -2.39. The molecule has 224 valence electrons. The number of carbonyl (C=O) groups excluding carboxylic acids is 2. The number of aliphatic hydroxyl groups excluding tert-OH is 1. The molecule has 3 N–H and O–H groups in total. The molecule has 1 heterocycles. The van der Waals surface area contributed by atoms with E-state index in [1.807, 2.05) is 72.8 Å². The summed E-state index contributed by atoms with van der Waals surface area (Å²) >= 11 is 1.69. The lowest BCUT2D eigenvalue weighted by molar-refractivity contribution is -0.268. The number of ether oxygens (including phenoxy) is 4. The van der Waals surface area contributed by atoms with Crippen LogP contribution in [0.15, 0.2) is 77.7 Å². The van der Waals surface area contributed by atoms with Crippen molar-refractivity contribution in [2.24, 2.45) is 5.92 Å². The second-order valence-corrected chi connectivity index (χ2v) is 10.9. The van der Waals surface area contributed by atoms with E-state index in [1.54, 1.807) is 25.8 Å². The fraction of sp³-hybridized carbons (Fsp3) is 0.375. The van der Waals surface area contributed by atoms with E-state index >= 15 is 0 Å². The minimum absolute atomic E-state index is 0.0144. The molecular formula is C32H38N2O7S. The summed E-state index contributed by atoms with van der Waals surface area (Å²) in [7, 11) is 1.67. The van der Waals surface area contributed by atoms with Gasteiger partial charge in [0.1, 0.15) is 12.3 Å². The Morgan fingerprint density at radius 1 is 0.929 bits per heavy atom. The molecule has 42 heavy (non-hydrogen) atoms. The topological polar surface area (TPSA) is 115 Å². The largest absolute Gasteiger partial charge is 0.496 e. The Morgan fingerprint density at radius 2 is 1.62 bits per heavy atom. The fourth-order valence-corrected chi connectivity index (χ4v) is 5.82. The molecule has 4 rings (SSSR count). The van der Waals surface area contributed by atoms with Gasteiger partial charge >= 0.3 is 12.0 Å². The Balaban J connectivity index is 1.45. The van der Waals surface area contributed by atoms with Gasteiger partial charge in [0.05, 0.1) is 32.5 Å². The van der Waals surface area contributed by atoms with Crippen LogP contribution in [0.3, 0.4) is 0 Å². The summed E-state index contributed by atoms with van der Waals surface area (Å²) in [6, 6.07) is 23.0. The molecule has 10 heteroatoms. The SMILES string of the molecule is CCOC(=O)CNC(=O)NCc1ccc([C@H]2O[C@@H](CSc3ccccc3OC)[C@@H](C)[C@@H](c3ccc(CO)cc3)O2)cc1. The third-order valence-electron chi connectivity index (χ3n) is 7.00. The Labute approximate surface area is 250 Å². The minimum atomic E-state index is -0.595. The van der Waals surface area contributed by atoms with Crippen molar-refractivity contribution < 1.29 is 33.6 Å². The maximum absolute atomic E-state index is 12.0. The van der Waals surface area contributed by atoms with E-state index in [9.17, 15) is 14.7 Å². The highest BCUT2D eigenvalue weighted by Crippen LogP contribution is 2.43. The zero-order valence-corrected chi connectivity index (χ0v) is 24.9. The first-order valence-corrected chi connectivity index (χ1v) is 14.9. The zero-order chi connectivity index (χ0) is 29.9. The van der Waals surface area contributed by atoms with Crippen LogP contribution < -0.4 is 15.4 Å². The molecule has 4 atom stereocenters. The number of urea groups is 1. The van der Waals surface area contributed by atoms with Gasteiger partial charge in [-0.1, -0.05) is 67.6 Å². The maximum atomic E-state index is 12.0. The average Bonchev–Trinajstić information content (AvgIpc) is 3.03. The van der Waals surface area contributed by atoms with Crippen LogP contribution in [0.25, 0.3) is 0 Å². The van der Waals surface area contributed by atoms with Gasteiger partial charge in [0.25, 0.3) is 0 Å². The Kier molecular flexibility index (Phi) is 11.7. The number of esters is 1. The highest BCUT2D eigenvalue weighted by molar-refractivity contribution is 7.99. The number of hydrogen-bond donors (Lipinski definition) is 3. The molecule has 3 aromatic rings. The van der Waals surface area contributed by atoms with Gasteiger partial charge in [0.15, 0.2) is 6.29 Å². The van der Waals surface area contributed by atoms with Gasteiger partial charge < -0.3 is 34.7 Å². The number of para-hydroxylation sites is 1. The number of benzene rings is 3. The van der Waals surface area contributed by atoms with Crippen LogP contribution in [0.2, 0.25) is 0 Å². The van der Waals surface area contributed by atoms with E-state index < -0.39 is 18.3 Å². The van der Waals surface area contributed by atoms with Crippen molar-refractivity contribution in [1.29, 1.82) is 0 Å². The molecule has 0 aliphatic carbocycles. The molecule has 0 radical (unpaired) electrons. The molecule has 2 amide bonds. The van der Waals surface area contributed by atoms with Gasteiger partial charge in [-0.15, -0.1) is 11.8 Å². The number of hydrogen-bond acceptors (Lipinski definition) is 8. The number of carbonyl (C=O) groups is 2. The first-order valence-electron chi connectivity index (χ1n) is 13.9. The molecule has 1 aliphatic rings. The second kappa shape index (κ2) is 15.6. The maximum Gasteiger partial charge on any atom is 0.325 e. The van der Waals surface area contributed by atoms with Crippen LogP contribution in [-0.4, -0.2) is 49.2 Å². The van der Waals surface area contributed by atoms with Crippen molar-refractivity contribution in [1.82, 2.24) is 10.6 Å². The van der Waals surface area contributed by atoms with Crippen molar-refractivity contribution in [2.45, 2.75) is 50.4 Å². The summed E-state index contributed by atoms with van der Waals surface area (Å²) in [6.07, 6.45) is -0.934. The monoisotopic (exact) mass is 594 g/mol. The van der Waals surface area contributed by atoms with Crippen LogP contribution in [0, 0.1) is 5.92 Å². The van der Waals surface area contributed by atoms with Crippen molar-refractivity contribution in [3.63, 3.8) is 0 Å². The standard InChI is InChI=1S/C32H38N2O7S/c1-4-39-29(36)18-34-32(37)33-17-22-9-15-25(16-10-22)31-40-27(20-42-28-8-6-5-7-26(28)38-3)21(2)30(41-31)24-13-11-23(19-35)12-14-24/h5-16,21,27,30-31,35H,4,17-20H2,1-3H3,(H2,33,34,37)/t21-,27+,30+,31+/m1/s1. The van der Waals surface area contributed by atoms with Gasteiger partial charge in [0, 0.05) is 28.7 Å². The van der Waals surface area contributed by atoms with Crippen LogP contribution in [0.4, 0.5) is 4.79 Å². The first-order chi connectivity index (χ1) is 20.4. The zero-order valence-electron chi connectivity index (χ0n) is 24.1. The third kappa shape index (κ3) is 8.48. The van der Waals surface area contributed by atoms with Gasteiger partial charge in [-0.25, -0.2) is 4.79 Å². The van der Waals surface area contributed by atoms with Crippen molar-refractivity contribution in [3.8, 4) is 5.75 Å². The lowest BCUT2D eigenvalue weighted by Gasteiger charge is -2.41. The van der Waals surface area contributed by atoms with Gasteiger partial charge in [-0.2, -0.15) is 0 Å². The number of thioether (sulfide) groups is 1. The molecule has 0 spiro atoms. The second-order valence-electron chi connectivity index (χ2n) is 9.87. The van der Waals surface area contributed by atoms with Gasteiger partial charge in [-0.3, -0.25) is 4.79 Å². The lowest BCUT2D eigenvalue weighted by atomic mass is 9.91. The number of amides is 2. The van der Waals surface area contributed by atoms with E-state index in [-0.39, 0.29) is 44.4 Å². The van der Waals surface area contributed by atoms with Crippen LogP contribution in [0.5, 0.6) is 5.75 Å². The summed E-state index contributed by atoms with van der Waals surface area (Å²) < 4.78 is 23.4. The van der Waals surface area contributed by atoms with Crippen molar-refractivity contribution >= 4 is 23.8 Å². The summed E-state index contributed by atoms with van der Waals surface area (Å²) in [5.41, 5.74) is 3.61. The predicted octanol–water partition coefficient (Wildman–Crippen LogP) is 5.13. The third-order valence-corrected chi connectivity index (χ3v) is 8.14. The average molecular weight is 595 g/mol. The highest BCUT2D eigenvalue weighted by Gasteiger charge is 2.38. The molecule has 1 saturated heterocycles. The summed E-state index contributed by atoms with van der Waals surface area (Å²) in [4.78, 5) is 24.5. The molecule has 0 unspecified atom stereocenters. The Hall–Kier alpha value is -3.57. The molecule has 1 aliphatic heterocycles. The molecule has 0 bridgehead atoms. The molecule has 3 aromatic carbocycles. The first kappa shape index (κ1) is 31.4. The van der Waals surface area contributed by atoms with E-state index in [2.05, 4.69) is 17.6 Å². The van der Waals surface area contributed by atoms with E-state index in [4.69, 9.17) is 18.9 Å².